The average molecular weight is 164 g/mol. The lowest BCUT2D eigenvalue weighted by molar-refractivity contribution is 0.649. The van der Waals surface area contributed by atoms with E-state index in [1.807, 2.05) is 6.92 Å². The Hall–Kier alpha value is -1.34. The van der Waals surface area contributed by atoms with E-state index in [-0.39, 0.29) is 0 Å². The van der Waals surface area contributed by atoms with Gasteiger partial charge >= 0.3 is 0 Å². The van der Waals surface area contributed by atoms with Crippen molar-refractivity contribution in [2.75, 3.05) is 6.54 Å². The third kappa shape index (κ3) is 2.07. The van der Waals surface area contributed by atoms with E-state index in [2.05, 4.69) is 21.9 Å². The van der Waals surface area contributed by atoms with Gasteiger partial charge in [0.05, 0.1) is 0 Å². The zero-order chi connectivity index (χ0) is 8.81. The summed E-state index contributed by atoms with van der Waals surface area (Å²) in [6, 6.07) is 0. The second kappa shape index (κ2) is 4.52. The van der Waals surface area contributed by atoms with Crippen molar-refractivity contribution in [3.63, 3.8) is 0 Å². The zero-order valence-corrected chi connectivity index (χ0v) is 7.12. The molecule has 0 fully saturated rings. The van der Waals surface area contributed by atoms with Gasteiger partial charge in [-0.05, 0) is 12.8 Å². The normalized spacial score (nSPS) is 9.17. The molecule has 0 saturated carbocycles. The van der Waals surface area contributed by atoms with Gasteiger partial charge in [-0.2, -0.15) is 5.10 Å². The van der Waals surface area contributed by atoms with Crippen LogP contribution in [0.5, 0.6) is 0 Å². The van der Waals surface area contributed by atoms with Crippen molar-refractivity contribution in [1.82, 2.24) is 14.8 Å². The molecule has 1 rings (SSSR count). The van der Waals surface area contributed by atoms with Crippen LogP contribution in [0.4, 0.5) is 0 Å². The zero-order valence-electron chi connectivity index (χ0n) is 7.12. The predicted octanol–water partition coefficient (Wildman–Crippen LogP) is -0.00170. The highest BCUT2D eigenvalue weighted by Crippen LogP contribution is 1.89. The smallest absolute Gasteiger partial charge is 0.203 e. The van der Waals surface area contributed by atoms with Crippen LogP contribution in [0.15, 0.2) is 6.33 Å². The van der Waals surface area contributed by atoms with Crippen molar-refractivity contribution in [3.05, 3.63) is 12.2 Å². The molecule has 2 N–H and O–H groups in total. The summed E-state index contributed by atoms with van der Waals surface area (Å²) in [5, 5.41) is 3.99. The van der Waals surface area contributed by atoms with E-state index < -0.39 is 0 Å². The summed E-state index contributed by atoms with van der Waals surface area (Å²) in [5.41, 5.74) is 5.29. The van der Waals surface area contributed by atoms with Crippen molar-refractivity contribution in [2.45, 2.75) is 19.9 Å². The molecule has 0 aromatic carbocycles. The number of aromatic nitrogens is 3. The molecule has 64 valence electrons. The third-order valence-corrected chi connectivity index (χ3v) is 1.38. The van der Waals surface area contributed by atoms with Crippen LogP contribution < -0.4 is 5.73 Å². The van der Waals surface area contributed by atoms with Crippen LogP contribution >= 0.6 is 0 Å². The number of hydrogen-bond acceptors (Lipinski definition) is 3. The van der Waals surface area contributed by atoms with Crippen molar-refractivity contribution in [3.8, 4) is 11.8 Å². The van der Waals surface area contributed by atoms with Gasteiger partial charge in [0, 0.05) is 19.5 Å². The summed E-state index contributed by atoms with van der Waals surface area (Å²) in [4.78, 5) is 4.00. The molecule has 0 unspecified atom stereocenters. The fraction of sp³-hybridized carbons (Fsp3) is 0.500. The first-order chi connectivity index (χ1) is 5.88. The SMILES string of the molecule is CCn1ncnc1C#CCCN. The Morgan fingerprint density at radius 1 is 1.67 bits per heavy atom. The summed E-state index contributed by atoms with van der Waals surface area (Å²) >= 11 is 0. The molecule has 1 heterocycles. The highest BCUT2D eigenvalue weighted by atomic mass is 15.3. The number of aryl methyl sites for hydroxylation is 1. The van der Waals surface area contributed by atoms with Gasteiger partial charge in [-0.3, -0.25) is 0 Å². The molecule has 0 amide bonds. The van der Waals surface area contributed by atoms with E-state index in [9.17, 15) is 0 Å². The van der Waals surface area contributed by atoms with Gasteiger partial charge < -0.3 is 5.73 Å². The molecule has 0 aliphatic heterocycles. The lowest BCUT2D eigenvalue weighted by atomic mass is 10.4. The molecular weight excluding hydrogens is 152 g/mol. The van der Waals surface area contributed by atoms with Gasteiger partial charge in [0.15, 0.2) is 0 Å². The van der Waals surface area contributed by atoms with Gasteiger partial charge in [0.2, 0.25) is 5.82 Å². The van der Waals surface area contributed by atoms with Crippen LogP contribution in [-0.2, 0) is 6.54 Å². The first kappa shape index (κ1) is 8.75. The summed E-state index contributed by atoms with van der Waals surface area (Å²) < 4.78 is 1.75. The van der Waals surface area contributed by atoms with E-state index in [1.165, 1.54) is 6.33 Å². The van der Waals surface area contributed by atoms with Crippen LogP contribution in [0.3, 0.4) is 0 Å². The molecule has 0 aliphatic rings. The lowest BCUT2D eigenvalue weighted by Crippen LogP contribution is -2.00. The molecule has 0 aliphatic carbocycles. The lowest BCUT2D eigenvalue weighted by Gasteiger charge is -1.92. The predicted molar refractivity (Wildman–Crippen MR) is 46.2 cm³/mol. The molecule has 4 heteroatoms. The van der Waals surface area contributed by atoms with Crippen molar-refractivity contribution in [2.24, 2.45) is 5.73 Å². The number of nitrogens with two attached hydrogens (primary N) is 1. The minimum Gasteiger partial charge on any atom is -0.330 e. The van der Waals surface area contributed by atoms with E-state index in [0.717, 1.165) is 6.54 Å². The number of nitrogens with zero attached hydrogens (tertiary/aromatic N) is 3. The first-order valence-electron chi connectivity index (χ1n) is 3.95. The van der Waals surface area contributed by atoms with E-state index in [1.54, 1.807) is 4.68 Å². The summed E-state index contributed by atoms with van der Waals surface area (Å²) in [5.74, 6) is 6.53. The Morgan fingerprint density at radius 2 is 2.50 bits per heavy atom. The molecule has 0 spiro atoms. The van der Waals surface area contributed by atoms with Crippen LogP contribution in [0, 0.1) is 11.8 Å². The van der Waals surface area contributed by atoms with Gasteiger partial charge in [0.25, 0.3) is 0 Å². The third-order valence-electron chi connectivity index (χ3n) is 1.38. The molecule has 1 aromatic rings. The number of hydrogen-bond donors (Lipinski definition) is 1. The minimum absolute atomic E-state index is 0.591. The topological polar surface area (TPSA) is 56.7 Å². The Morgan fingerprint density at radius 3 is 3.17 bits per heavy atom. The van der Waals surface area contributed by atoms with Crippen molar-refractivity contribution in [1.29, 1.82) is 0 Å². The van der Waals surface area contributed by atoms with Crippen LogP contribution in [0.25, 0.3) is 0 Å². The fourth-order valence-corrected chi connectivity index (χ4v) is 0.806. The van der Waals surface area contributed by atoms with E-state index in [0.29, 0.717) is 18.8 Å². The van der Waals surface area contributed by atoms with E-state index >= 15 is 0 Å². The standard InChI is InChI=1S/C8H12N4/c1-2-12-8(10-7-11-12)5-3-4-6-9/h7H,2,4,6,9H2,1H3. The van der Waals surface area contributed by atoms with Gasteiger partial charge in [-0.1, -0.05) is 5.92 Å². The molecule has 12 heavy (non-hydrogen) atoms. The quantitative estimate of drug-likeness (QED) is 0.626. The Balaban J connectivity index is 2.69. The highest BCUT2D eigenvalue weighted by molar-refractivity contribution is 5.19. The second-order valence-electron chi connectivity index (χ2n) is 2.24. The highest BCUT2D eigenvalue weighted by Gasteiger charge is 1.95. The molecule has 1 aromatic heterocycles. The fourth-order valence-electron chi connectivity index (χ4n) is 0.806. The summed E-state index contributed by atoms with van der Waals surface area (Å²) in [6.07, 6.45) is 2.21. The largest absolute Gasteiger partial charge is 0.330 e. The molecule has 4 nitrogen and oxygen atoms in total. The first-order valence-corrected chi connectivity index (χ1v) is 3.95. The Kier molecular flexibility index (Phi) is 3.30. The summed E-state index contributed by atoms with van der Waals surface area (Å²) in [7, 11) is 0. The van der Waals surface area contributed by atoms with E-state index in [4.69, 9.17) is 5.73 Å². The molecule has 0 atom stereocenters. The van der Waals surface area contributed by atoms with Crippen LogP contribution in [0.1, 0.15) is 19.2 Å². The molecule has 0 bridgehead atoms. The second-order valence-corrected chi connectivity index (χ2v) is 2.24. The van der Waals surface area contributed by atoms with Crippen molar-refractivity contribution >= 4 is 0 Å². The molecule has 0 saturated heterocycles. The van der Waals surface area contributed by atoms with Crippen molar-refractivity contribution < 1.29 is 0 Å². The maximum absolute atomic E-state index is 5.29. The van der Waals surface area contributed by atoms with Gasteiger partial charge in [-0.25, -0.2) is 9.67 Å². The Labute approximate surface area is 71.8 Å². The number of rotatable bonds is 2. The van der Waals surface area contributed by atoms with Gasteiger partial charge in [0.1, 0.15) is 6.33 Å². The molecule has 0 radical (unpaired) electrons. The van der Waals surface area contributed by atoms with Crippen LogP contribution in [-0.4, -0.2) is 21.3 Å². The average Bonchev–Trinajstić information content (AvgIpc) is 2.52. The maximum atomic E-state index is 5.29. The van der Waals surface area contributed by atoms with Crippen LogP contribution in [0.2, 0.25) is 0 Å². The minimum atomic E-state index is 0.591. The van der Waals surface area contributed by atoms with Gasteiger partial charge in [-0.15, -0.1) is 0 Å². The molecular formula is C8H12N4. The maximum Gasteiger partial charge on any atom is 0.203 e. The monoisotopic (exact) mass is 164 g/mol. The Bertz CT molecular complexity index is 291. The summed E-state index contributed by atoms with van der Waals surface area (Å²) in [6.45, 7) is 3.39.